The molecular weight excluding hydrogens is 1720 g/mol. The van der Waals surface area contributed by atoms with Gasteiger partial charge >= 0.3 is 0 Å². The summed E-state index contributed by atoms with van der Waals surface area (Å²) in [5.41, 5.74) is 34.2. The lowest BCUT2D eigenvalue weighted by molar-refractivity contribution is 1.16. The van der Waals surface area contributed by atoms with E-state index in [1.165, 1.54) is 131 Å². The summed E-state index contributed by atoms with van der Waals surface area (Å²) >= 11 is 0. The van der Waals surface area contributed by atoms with E-state index < -0.39 is 0 Å². The maximum absolute atomic E-state index is 5.22. The molecular formula is C127H76N14. The molecule has 19 aromatic carbocycles. The van der Waals surface area contributed by atoms with Crippen LogP contribution in [0.4, 0.5) is 0 Å². The summed E-state index contributed by atoms with van der Waals surface area (Å²) in [5.74, 6) is 0. The first kappa shape index (κ1) is 77.0. The molecule has 14 aromatic heterocycles. The van der Waals surface area contributed by atoms with Crippen molar-refractivity contribution in [2.75, 3.05) is 0 Å². The van der Waals surface area contributed by atoms with E-state index in [0.717, 1.165) is 150 Å². The summed E-state index contributed by atoms with van der Waals surface area (Å²) in [4.78, 5) is 25.5. The number of hydrogen-bond donors (Lipinski definition) is 0. The molecule has 14 heterocycles. The third-order valence-electron chi connectivity index (χ3n) is 29.6. The predicted molar refractivity (Wildman–Crippen MR) is 585 cm³/mol. The first-order valence-corrected chi connectivity index (χ1v) is 47.9. The molecule has 0 N–H and O–H groups in total. The van der Waals surface area contributed by atoms with Crippen molar-refractivity contribution < 1.29 is 0 Å². The van der Waals surface area contributed by atoms with E-state index in [2.05, 4.69) is 471 Å². The van der Waals surface area contributed by atoms with Gasteiger partial charge in [-0.15, -0.1) is 0 Å². The number of pyridine rings is 5. The van der Waals surface area contributed by atoms with Crippen LogP contribution in [0.1, 0.15) is 0 Å². The van der Waals surface area contributed by atoms with Crippen LogP contribution in [0.15, 0.2) is 461 Å². The average molecular weight is 1800 g/mol. The van der Waals surface area contributed by atoms with Gasteiger partial charge in [0.25, 0.3) is 0 Å². The average Bonchev–Trinajstić information content (AvgIpc) is 1.55. The molecule has 0 fully saturated rings. The van der Waals surface area contributed by atoms with Gasteiger partial charge in [0.1, 0.15) is 22.6 Å². The summed E-state index contributed by atoms with van der Waals surface area (Å²) in [6.45, 7) is 0. The Morgan fingerprint density at radius 2 is 0.362 bits per heavy atom. The molecule has 0 bridgehead atoms. The highest BCUT2D eigenvalue weighted by atomic mass is 15.1. The molecule has 33 aromatic rings. The molecule has 0 aliphatic heterocycles. The molecule has 0 saturated heterocycles. The fourth-order valence-corrected chi connectivity index (χ4v) is 23.7. The first-order chi connectivity index (χ1) is 70.0. The van der Waals surface area contributed by atoms with Crippen molar-refractivity contribution in [1.82, 2.24) is 65.5 Å². The van der Waals surface area contributed by atoms with Gasteiger partial charge in [-0.2, -0.15) is 0 Å². The molecule has 14 nitrogen and oxygen atoms in total. The zero-order valence-corrected chi connectivity index (χ0v) is 75.6. The Morgan fingerprint density at radius 3 is 0.738 bits per heavy atom. The zero-order valence-electron chi connectivity index (χ0n) is 75.6. The van der Waals surface area contributed by atoms with Crippen molar-refractivity contribution in [3.63, 3.8) is 0 Å². The van der Waals surface area contributed by atoms with Gasteiger partial charge in [0.2, 0.25) is 0 Å². The number of rotatable bonds is 6. The highest BCUT2D eigenvalue weighted by Gasteiger charge is 2.28. The third kappa shape index (κ3) is 11.1. The maximum atomic E-state index is 5.22. The number of hydrogen-bond acceptors (Lipinski definition) is 5. The van der Waals surface area contributed by atoms with Crippen LogP contribution < -0.4 is 0 Å². The van der Waals surface area contributed by atoms with Gasteiger partial charge in [-0.05, 0) is 241 Å². The molecule has 0 radical (unpaired) electrons. The van der Waals surface area contributed by atoms with E-state index in [9.17, 15) is 0 Å². The summed E-state index contributed by atoms with van der Waals surface area (Å²) in [6, 6.07) is 161. The van der Waals surface area contributed by atoms with Crippen LogP contribution in [0.2, 0.25) is 0 Å². The second kappa shape index (κ2) is 29.6. The Bertz CT molecular complexity index is 10200. The lowest BCUT2D eigenvalue weighted by atomic mass is 10.0. The van der Waals surface area contributed by atoms with Crippen molar-refractivity contribution in [2.45, 2.75) is 0 Å². The molecule has 0 spiro atoms. The Kier molecular flexibility index (Phi) is 16.2. The van der Waals surface area contributed by atoms with Crippen LogP contribution in [0, 0.1) is 0 Å². The Labute approximate surface area is 801 Å². The molecule has 0 amide bonds. The van der Waals surface area contributed by atoms with Crippen molar-refractivity contribution in [3.8, 4) is 34.1 Å². The van der Waals surface area contributed by atoms with Crippen LogP contribution in [0.25, 0.3) is 280 Å². The molecule has 0 saturated carbocycles. The van der Waals surface area contributed by atoms with Crippen molar-refractivity contribution in [2.24, 2.45) is 0 Å². The smallest absolute Gasteiger partial charge is 0.147 e. The Hall–Kier alpha value is -19.3. The number of fused-ring (bicyclic) bond motifs is 42. The van der Waals surface area contributed by atoms with Crippen molar-refractivity contribution in [3.05, 3.63) is 461 Å². The minimum atomic E-state index is 0.920. The van der Waals surface area contributed by atoms with Gasteiger partial charge < -0.3 is 27.4 Å². The van der Waals surface area contributed by atoms with Gasteiger partial charge in [-0.1, -0.05) is 218 Å². The van der Waals surface area contributed by atoms with Gasteiger partial charge in [0.15, 0.2) is 0 Å². The number of nitrogens with zero attached hydrogens (tertiary/aromatic N) is 14. The molecule has 0 aliphatic rings. The molecule has 654 valence electrons. The van der Waals surface area contributed by atoms with Crippen LogP contribution in [0.5, 0.6) is 0 Å². The Morgan fingerprint density at radius 1 is 0.128 bits per heavy atom. The molecule has 33 rings (SSSR count). The molecule has 0 atom stereocenters. The summed E-state index contributed by atoms with van der Waals surface area (Å²) < 4.78 is 21.3. The van der Waals surface area contributed by atoms with Crippen molar-refractivity contribution >= 4 is 246 Å². The predicted octanol–water partition coefficient (Wildman–Crippen LogP) is 31.8. The standard InChI is InChI=1S/C43H26N4.2C42H25N5/c1-3-13-27(14-4-1)45-37-20-10-8-18-30(37)32-24-34-33-23-31-29-17-7-11-21-38(29)47-39-22-12-9-19-36(39)44-43(47)35(31)25-40(33)46(42(34)26-41(32)45)28-15-5-2-6-16-28;1-3-12-26(13-4-1)45-36-19-9-7-16-28(36)31-23-33-32-22-30-29-17-11-21-43-41(29)47-37-20-10-8-18-35(37)44-42(47)34(30)24-38(32)46(40(33)25-39(31)45)27-14-5-2-6-15-27;1-3-12-26(13-4-1)45-35-18-9-7-16-28(35)29-22-30-31-23-32-33(24-38(31)46(40(30)25-39(29)45)27-14-5-2-6-15-27)42-44-34-17-8-10-19-36(34)47(42)37-20-11-21-43-41(32)37/h1-26H;2*1-25H. The lowest BCUT2D eigenvalue weighted by Crippen LogP contribution is -1.96. The molecule has 14 heteroatoms. The van der Waals surface area contributed by atoms with E-state index in [1.54, 1.807) is 0 Å². The van der Waals surface area contributed by atoms with Gasteiger partial charge in [0, 0.05) is 143 Å². The maximum Gasteiger partial charge on any atom is 0.147 e. The van der Waals surface area contributed by atoms with Crippen LogP contribution in [0.3, 0.4) is 0 Å². The van der Waals surface area contributed by atoms with Crippen LogP contribution >= 0.6 is 0 Å². The third-order valence-corrected chi connectivity index (χ3v) is 29.6. The quantitative estimate of drug-likeness (QED) is 0.154. The molecule has 0 aliphatic carbocycles. The number of imidazole rings is 3. The highest BCUT2D eigenvalue weighted by molar-refractivity contribution is 6.29. The van der Waals surface area contributed by atoms with E-state index in [-0.39, 0.29) is 0 Å². The number of benzene rings is 19. The fourth-order valence-electron chi connectivity index (χ4n) is 23.7. The van der Waals surface area contributed by atoms with Gasteiger partial charge in [-0.3, -0.25) is 18.2 Å². The van der Waals surface area contributed by atoms with Gasteiger partial charge in [-0.25, -0.2) is 19.9 Å². The minimum Gasteiger partial charge on any atom is -0.309 e. The second-order valence-corrected chi connectivity index (χ2v) is 37.0. The van der Waals surface area contributed by atoms with E-state index >= 15 is 0 Å². The van der Waals surface area contributed by atoms with E-state index in [1.807, 2.05) is 30.6 Å². The summed E-state index contributed by atoms with van der Waals surface area (Å²) in [7, 11) is 0. The van der Waals surface area contributed by atoms with Crippen LogP contribution in [-0.2, 0) is 0 Å². The molecule has 141 heavy (non-hydrogen) atoms. The second-order valence-electron chi connectivity index (χ2n) is 37.0. The summed E-state index contributed by atoms with van der Waals surface area (Å²) in [6.07, 6.45) is 3.77. The zero-order chi connectivity index (χ0) is 91.9. The summed E-state index contributed by atoms with van der Waals surface area (Å²) in [5, 5.41) is 24.0. The van der Waals surface area contributed by atoms with Gasteiger partial charge in [0.05, 0.1) is 116 Å². The van der Waals surface area contributed by atoms with E-state index in [0.29, 0.717) is 0 Å². The SMILES string of the molecule is c1ccc(-n2c3ccccc3c3cc4c5cc6c(cc5n(-c5ccccc5)c4cc32)c2nc3ccccc3n2c2cccnc62)cc1.c1ccc(-n2c3ccccc3c3cc4c5cc6c7ccccc7n7c8ccccc8nc7c6cc5n(-c5ccccc5)c4cc32)cc1.c1ccc(-n2c3ccccc3c3cc4c5cc6c7cccnc7n7c8ccccc8nc7c6cc5n(-c5ccccc5)c4cc32)cc1. The first-order valence-electron chi connectivity index (χ1n) is 47.9. The lowest BCUT2D eigenvalue weighted by Gasteiger charge is -2.11. The van der Waals surface area contributed by atoms with E-state index in [4.69, 9.17) is 24.9 Å². The fraction of sp³-hybridized carbons (Fsp3) is 0. The topological polar surface area (TPSA) is 107 Å². The van der Waals surface area contributed by atoms with Crippen LogP contribution in [-0.4, -0.2) is 65.5 Å². The van der Waals surface area contributed by atoms with Crippen molar-refractivity contribution in [1.29, 1.82) is 0 Å². The largest absolute Gasteiger partial charge is 0.309 e. The molecule has 0 unspecified atom stereocenters. The Balaban J connectivity index is 0.0000000972. The number of aromatic nitrogens is 14. The highest BCUT2D eigenvalue weighted by Crippen LogP contribution is 2.49. The minimum absolute atomic E-state index is 0.920. The number of para-hydroxylation sites is 16. The monoisotopic (exact) mass is 1800 g/mol. The normalized spacial score (nSPS) is 12.3.